The van der Waals surface area contributed by atoms with Crippen molar-refractivity contribution < 1.29 is 0 Å². The molecular weight excluding hydrogens is 248 g/mol. The maximum atomic E-state index is 11.6. The molecule has 0 bridgehead atoms. The van der Waals surface area contributed by atoms with Crippen LogP contribution < -0.4 is 5.56 Å². The van der Waals surface area contributed by atoms with Gasteiger partial charge in [0.15, 0.2) is 0 Å². The second-order valence-electron chi connectivity index (χ2n) is 4.90. The van der Waals surface area contributed by atoms with Crippen LogP contribution in [-0.2, 0) is 6.54 Å². The largest absolute Gasteiger partial charge is 0.314 e. The first kappa shape index (κ1) is 13.6. The van der Waals surface area contributed by atoms with E-state index in [-0.39, 0.29) is 5.56 Å². The van der Waals surface area contributed by atoms with Gasteiger partial charge in [-0.25, -0.2) is 0 Å². The van der Waals surface area contributed by atoms with Crippen molar-refractivity contribution in [1.82, 2.24) is 9.47 Å². The summed E-state index contributed by atoms with van der Waals surface area (Å²) in [5.74, 6) is 0.752. The Morgan fingerprint density at radius 3 is 3.00 bits per heavy atom. The first-order valence-corrected chi connectivity index (χ1v) is 7.30. The first-order valence-electron chi connectivity index (χ1n) is 6.77. The van der Waals surface area contributed by atoms with Gasteiger partial charge >= 0.3 is 0 Å². The van der Waals surface area contributed by atoms with Gasteiger partial charge in [0, 0.05) is 37.3 Å². The van der Waals surface area contributed by atoms with Crippen LogP contribution in [0.3, 0.4) is 0 Å². The number of halogens is 1. The molecule has 0 aliphatic carbocycles. The summed E-state index contributed by atoms with van der Waals surface area (Å²) in [5.41, 5.74) is 0.0917. The van der Waals surface area contributed by atoms with E-state index in [1.54, 1.807) is 16.7 Å². The highest BCUT2D eigenvalue weighted by molar-refractivity contribution is 6.17. The number of pyridine rings is 1. The molecular formula is C14H21ClN2O. The molecule has 2 rings (SSSR count). The second kappa shape index (κ2) is 6.95. The lowest BCUT2D eigenvalue weighted by Crippen LogP contribution is -2.34. The summed E-state index contributed by atoms with van der Waals surface area (Å²) in [7, 11) is 0. The Bertz CT molecular complexity index is 418. The Labute approximate surface area is 113 Å². The van der Waals surface area contributed by atoms with Gasteiger partial charge in [0.2, 0.25) is 0 Å². The minimum absolute atomic E-state index is 0.0917. The van der Waals surface area contributed by atoms with Gasteiger partial charge in [-0.05, 0) is 38.3 Å². The average molecular weight is 269 g/mol. The van der Waals surface area contributed by atoms with Gasteiger partial charge in [0.05, 0.1) is 0 Å². The Hall–Kier alpha value is -0.800. The molecule has 2 heterocycles. The Kier molecular flexibility index (Phi) is 5.26. The standard InChI is InChI=1S/C14H21ClN2O/c15-8-3-5-13-6-4-10-16(13)11-12-17-9-2-1-7-14(17)18/h1-2,7,9,13H,3-6,8,10-12H2. The number of nitrogens with zero attached hydrogens (tertiary/aromatic N) is 2. The maximum absolute atomic E-state index is 11.6. The highest BCUT2D eigenvalue weighted by Gasteiger charge is 2.23. The molecule has 0 amide bonds. The average Bonchev–Trinajstić information content (AvgIpc) is 2.83. The molecule has 1 fully saturated rings. The summed E-state index contributed by atoms with van der Waals surface area (Å²) in [4.78, 5) is 14.1. The SMILES string of the molecule is O=c1ccccn1CCN1CCCC1CCCCl. The molecule has 1 aromatic rings. The van der Waals surface area contributed by atoms with Crippen molar-refractivity contribution in [3.8, 4) is 0 Å². The van der Waals surface area contributed by atoms with Crippen LogP contribution in [0.15, 0.2) is 29.2 Å². The van der Waals surface area contributed by atoms with Crippen molar-refractivity contribution in [2.45, 2.75) is 38.3 Å². The van der Waals surface area contributed by atoms with Crippen molar-refractivity contribution in [1.29, 1.82) is 0 Å². The molecule has 0 saturated carbocycles. The molecule has 0 spiro atoms. The summed E-state index contributed by atoms with van der Waals surface area (Å²) in [6.07, 6.45) is 6.70. The Balaban J connectivity index is 1.86. The van der Waals surface area contributed by atoms with Crippen LogP contribution in [0.25, 0.3) is 0 Å². The van der Waals surface area contributed by atoms with E-state index < -0.39 is 0 Å². The van der Waals surface area contributed by atoms with E-state index in [1.165, 1.54) is 19.3 Å². The van der Waals surface area contributed by atoms with Crippen LogP contribution in [0, 0.1) is 0 Å². The van der Waals surface area contributed by atoms with Gasteiger partial charge in [0.1, 0.15) is 0 Å². The third-order valence-electron chi connectivity index (χ3n) is 3.70. The van der Waals surface area contributed by atoms with Gasteiger partial charge in [-0.15, -0.1) is 11.6 Å². The molecule has 0 N–H and O–H groups in total. The summed E-state index contributed by atoms with van der Waals surface area (Å²) < 4.78 is 1.79. The van der Waals surface area contributed by atoms with E-state index in [0.29, 0.717) is 6.04 Å². The zero-order valence-electron chi connectivity index (χ0n) is 10.7. The summed E-state index contributed by atoms with van der Waals surface area (Å²) in [6, 6.07) is 5.99. The van der Waals surface area contributed by atoms with E-state index in [2.05, 4.69) is 4.90 Å². The third-order valence-corrected chi connectivity index (χ3v) is 3.96. The van der Waals surface area contributed by atoms with E-state index in [1.807, 2.05) is 12.3 Å². The van der Waals surface area contributed by atoms with Crippen LogP contribution >= 0.6 is 11.6 Å². The summed E-state index contributed by atoms with van der Waals surface area (Å²) in [6.45, 7) is 2.92. The molecule has 4 heteroatoms. The third kappa shape index (κ3) is 3.59. The predicted octanol–water partition coefficient (Wildman–Crippen LogP) is 2.33. The minimum Gasteiger partial charge on any atom is -0.314 e. The molecule has 1 aliphatic heterocycles. The normalized spacial score (nSPS) is 20.4. The Morgan fingerprint density at radius 1 is 1.33 bits per heavy atom. The number of alkyl halides is 1. The van der Waals surface area contributed by atoms with E-state index in [0.717, 1.165) is 31.9 Å². The van der Waals surface area contributed by atoms with Crippen molar-refractivity contribution in [3.63, 3.8) is 0 Å². The predicted molar refractivity (Wildman–Crippen MR) is 75.3 cm³/mol. The highest BCUT2D eigenvalue weighted by atomic mass is 35.5. The fourth-order valence-electron chi connectivity index (χ4n) is 2.71. The zero-order valence-corrected chi connectivity index (χ0v) is 11.5. The molecule has 18 heavy (non-hydrogen) atoms. The van der Waals surface area contributed by atoms with Gasteiger partial charge < -0.3 is 4.57 Å². The van der Waals surface area contributed by atoms with Crippen LogP contribution in [-0.4, -0.2) is 34.5 Å². The molecule has 3 nitrogen and oxygen atoms in total. The lowest BCUT2D eigenvalue weighted by molar-refractivity contribution is 0.232. The van der Waals surface area contributed by atoms with Gasteiger partial charge in [-0.3, -0.25) is 9.69 Å². The fourth-order valence-corrected chi connectivity index (χ4v) is 2.87. The number of rotatable bonds is 6. The van der Waals surface area contributed by atoms with Crippen molar-refractivity contribution in [2.75, 3.05) is 19.0 Å². The van der Waals surface area contributed by atoms with Crippen LogP contribution in [0.4, 0.5) is 0 Å². The minimum atomic E-state index is 0.0917. The van der Waals surface area contributed by atoms with Gasteiger partial charge in [0.25, 0.3) is 5.56 Å². The first-order chi connectivity index (χ1) is 8.81. The highest BCUT2D eigenvalue weighted by Crippen LogP contribution is 2.21. The monoisotopic (exact) mass is 268 g/mol. The van der Waals surface area contributed by atoms with Crippen LogP contribution in [0.5, 0.6) is 0 Å². The molecule has 1 atom stereocenters. The van der Waals surface area contributed by atoms with Crippen LogP contribution in [0.2, 0.25) is 0 Å². The van der Waals surface area contributed by atoms with Crippen molar-refractivity contribution >= 4 is 11.6 Å². The quantitative estimate of drug-likeness (QED) is 0.740. The molecule has 1 aliphatic rings. The van der Waals surface area contributed by atoms with E-state index in [9.17, 15) is 4.79 Å². The lowest BCUT2D eigenvalue weighted by atomic mass is 10.1. The summed E-state index contributed by atoms with van der Waals surface area (Å²) in [5, 5.41) is 0. The second-order valence-corrected chi connectivity index (χ2v) is 5.27. The molecule has 0 aromatic carbocycles. The van der Waals surface area contributed by atoms with E-state index in [4.69, 9.17) is 11.6 Å². The number of likely N-dealkylation sites (tertiary alicyclic amines) is 1. The topological polar surface area (TPSA) is 25.2 Å². The van der Waals surface area contributed by atoms with Gasteiger partial charge in [-0.1, -0.05) is 6.07 Å². The summed E-state index contributed by atoms with van der Waals surface area (Å²) >= 11 is 5.76. The smallest absolute Gasteiger partial charge is 0.250 e. The zero-order chi connectivity index (χ0) is 12.8. The molecule has 0 radical (unpaired) electrons. The lowest BCUT2D eigenvalue weighted by Gasteiger charge is -2.24. The Morgan fingerprint density at radius 2 is 2.22 bits per heavy atom. The number of aromatic nitrogens is 1. The van der Waals surface area contributed by atoms with Gasteiger partial charge in [-0.2, -0.15) is 0 Å². The molecule has 1 aromatic heterocycles. The number of hydrogen-bond acceptors (Lipinski definition) is 2. The van der Waals surface area contributed by atoms with E-state index >= 15 is 0 Å². The number of hydrogen-bond donors (Lipinski definition) is 0. The van der Waals surface area contributed by atoms with Crippen LogP contribution in [0.1, 0.15) is 25.7 Å². The maximum Gasteiger partial charge on any atom is 0.250 e. The fraction of sp³-hybridized carbons (Fsp3) is 0.643. The van der Waals surface area contributed by atoms with Crippen molar-refractivity contribution in [2.24, 2.45) is 0 Å². The molecule has 1 unspecified atom stereocenters. The molecule has 100 valence electrons. The molecule has 1 saturated heterocycles. The van der Waals surface area contributed by atoms with Crippen molar-refractivity contribution in [3.05, 3.63) is 34.7 Å².